The fourth-order valence-corrected chi connectivity index (χ4v) is 1.00. The minimum atomic E-state index is 0.429. The average molecular weight is 172 g/mol. The van der Waals surface area contributed by atoms with E-state index < -0.39 is 0 Å². The maximum absolute atomic E-state index is 5.68. The summed E-state index contributed by atoms with van der Waals surface area (Å²) >= 11 is 5.68. The number of nitrogens with two attached hydrogens (primary N) is 1. The number of rotatable bonds is 1. The molecule has 0 fully saturated rings. The van der Waals surface area contributed by atoms with Gasteiger partial charge in [-0.25, -0.2) is 0 Å². The van der Waals surface area contributed by atoms with E-state index in [1.54, 1.807) is 12.3 Å². The van der Waals surface area contributed by atoms with Gasteiger partial charge in [0.05, 0.1) is 5.70 Å². The van der Waals surface area contributed by atoms with Gasteiger partial charge < -0.3 is 5.73 Å². The molecule has 60 valence electrons. The van der Waals surface area contributed by atoms with Crippen LogP contribution in [0.15, 0.2) is 28.6 Å². The van der Waals surface area contributed by atoms with Crippen molar-refractivity contribution >= 4 is 16.8 Å². The molecule has 0 unspecified atom stereocenters. The molecule has 0 atom stereocenters. The van der Waals surface area contributed by atoms with Crippen molar-refractivity contribution in [3.63, 3.8) is 0 Å². The molecule has 0 bridgehead atoms. The van der Waals surface area contributed by atoms with Gasteiger partial charge in [-0.1, -0.05) is 18.5 Å². The van der Waals surface area contributed by atoms with Crippen LogP contribution in [0.25, 0.3) is 0 Å². The Hall–Kier alpha value is -0.960. The topological polar surface area (TPSA) is 50.4 Å². The Morgan fingerprint density at radius 2 is 2.45 bits per heavy atom. The monoisotopic (exact) mass is 171 g/mol. The summed E-state index contributed by atoms with van der Waals surface area (Å²) in [5, 5.41) is 4.20. The summed E-state index contributed by atoms with van der Waals surface area (Å²) in [5.41, 5.74) is 9.97. The van der Waals surface area contributed by atoms with Crippen molar-refractivity contribution in [3.8, 4) is 0 Å². The summed E-state index contributed by atoms with van der Waals surface area (Å²) < 4.78 is 0. The molecule has 0 saturated heterocycles. The fraction of sp³-hybridized carbons (Fsp3) is 0.286. The van der Waals surface area contributed by atoms with Gasteiger partial charge in [0, 0.05) is 6.20 Å². The molecular weight excluding hydrogens is 162 g/mol. The second-order valence-corrected chi connectivity index (χ2v) is 2.57. The molecule has 1 aliphatic rings. The number of hydrogen-bond acceptors (Lipinski definition) is 3. The Kier molecular flexibility index (Phi) is 2.54. The van der Waals surface area contributed by atoms with Crippen LogP contribution in [0.2, 0.25) is 0 Å². The van der Waals surface area contributed by atoms with E-state index in [-0.39, 0.29) is 0 Å². The highest BCUT2D eigenvalue weighted by molar-refractivity contribution is 6.68. The fourth-order valence-electron chi connectivity index (χ4n) is 0.822. The normalized spacial score (nSPS) is 17.5. The lowest BCUT2D eigenvalue weighted by Crippen LogP contribution is -2.03. The molecule has 0 aromatic rings. The predicted molar refractivity (Wildman–Crippen MR) is 47.1 cm³/mol. The maximum Gasteiger partial charge on any atom is 0.149 e. The maximum atomic E-state index is 5.68. The number of allylic oxidation sites excluding steroid dienone is 2. The van der Waals surface area contributed by atoms with Crippen molar-refractivity contribution in [3.05, 3.63) is 23.5 Å². The van der Waals surface area contributed by atoms with Crippen LogP contribution >= 0.6 is 11.6 Å². The first-order valence-electron chi connectivity index (χ1n) is 3.39. The third-order valence-electron chi connectivity index (χ3n) is 1.44. The summed E-state index contributed by atoms with van der Waals surface area (Å²) in [6.45, 7) is 2.02. The van der Waals surface area contributed by atoms with E-state index in [0.29, 0.717) is 10.9 Å². The van der Waals surface area contributed by atoms with Gasteiger partial charge in [0.1, 0.15) is 5.17 Å². The molecule has 0 aliphatic carbocycles. The van der Waals surface area contributed by atoms with Crippen LogP contribution in [0.4, 0.5) is 0 Å². The number of hydrazone groups is 1. The Morgan fingerprint density at radius 1 is 1.73 bits per heavy atom. The molecule has 4 heteroatoms. The van der Waals surface area contributed by atoms with E-state index in [0.717, 1.165) is 12.0 Å². The second-order valence-electron chi connectivity index (χ2n) is 2.19. The van der Waals surface area contributed by atoms with E-state index in [2.05, 4.69) is 10.5 Å². The van der Waals surface area contributed by atoms with Crippen LogP contribution < -0.4 is 11.2 Å². The van der Waals surface area contributed by atoms with Gasteiger partial charge in [-0.2, -0.15) is 5.10 Å². The second kappa shape index (κ2) is 3.44. The van der Waals surface area contributed by atoms with Gasteiger partial charge in [0.15, 0.2) is 0 Å². The van der Waals surface area contributed by atoms with Crippen molar-refractivity contribution in [1.29, 1.82) is 0 Å². The van der Waals surface area contributed by atoms with E-state index >= 15 is 0 Å². The molecule has 3 N–H and O–H groups in total. The van der Waals surface area contributed by atoms with E-state index in [1.807, 2.05) is 6.92 Å². The first-order chi connectivity index (χ1) is 5.24. The third kappa shape index (κ3) is 1.98. The molecule has 1 aliphatic heterocycles. The lowest BCUT2D eigenvalue weighted by atomic mass is 10.1. The molecule has 0 radical (unpaired) electrons. The number of nitrogens with zero attached hydrogens (tertiary/aromatic N) is 1. The Morgan fingerprint density at radius 3 is 3.09 bits per heavy atom. The molecule has 1 rings (SSSR count). The molecule has 0 aromatic carbocycles. The zero-order valence-electron chi connectivity index (χ0n) is 6.26. The molecule has 0 spiro atoms. The van der Waals surface area contributed by atoms with Crippen molar-refractivity contribution in [2.45, 2.75) is 13.3 Å². The Balaban J connectivity index is 2.92. The number of nitrogens with one attached hydrogen (secondary N) is 1. The SMILES string of the molecule is CCC1=CC(Cl)=NNC=C1N. The number of hydrogen-bond donors (Lipinski definition) is 2. The van der Waals surface area contributed by atoms with Crippen molar-refractivity contribution in [1.82, 2.24) is 5.43 Å². The smallest absolute Gasteiger partial charge is 0.149 e. The van der Waals surface area contributed by atoms with E-state index in [4.69, 9.17) is 17.3 Å². The zero-order chi connectivity index (χ0) is 8.27. The molecule has 3 nitrogen and oxygen atoms in total. The zero-order valence-corrected chi connectivity index (χ0v) is 7.02. The first-order valence-corrected chi connectivity index (χ1v) is 3.77. The van der Waals surface area contributed by atoms with Gasteiger partial charge in [0.2, 0.25) is 0 Å². The molecular formula is C7H10ClN3. The summed E-state index contributed by atoms with van der Waals surface area (Å²) in [7, 11) is 0. The minimum Gasteiger partial charge on any atom is -0.397 e. The molecule has 0 aromatic heterocycles. The summed E-state index contributed by atoms with van der Waals surface area (Å²) in [6.07, 6.45) is 4.24. The summed E-state index contributed by atoms with van der Waals surface area (Å²) in [6, 6.07) is 0. The van der Waals surface area contributed by atoms with Crippen molar-refractivity contribution in [2.24, 2.45) is 10.8 Å². The number of halogens is 1. The van der Waals surface area contributed by atoms with Crippen molar-refractivity contribution in [2.75, 3.05) is 0 Å². The predicted octanol–water partition coefficient (Wildman–Crippen LogP) is 1.28. The largest absolute Gasteiger partial charge is 0.397 e. The molecule has 0 saturated carbocycles. The highest BCUT2D eigenvalue weighted by atomic mass is 35.5. The van der Waals surface area contributed by atoms with E-state index in [1.165, 1.54) is 0 Å². The standard InChI is InChI=1S/C7H10ClN3/c1-2-5-3-7(8)11-10-4-6(5)9/h3-4,10H,2,9H2,1H3. The van der Waals surface area contributed by atoms with Crippen LogP contribution in [0.1, 0.15) is 13.3 Å². The lowest BCUT2D eigenvalue weighted by Gasteiger charge is -2.00. The van der Waals surface area contributed by atoms with Gasteiger partial charge in [-0.15, -0.1) is 0 Å². The summed E-state index contributed by atoms with van der Waals surface area (Å²) in [5.74, 6) is 0. The van der Waals surface area contributed by atoms with Crippen molar-refractivity contribution < 1.29 is 0 Å². The molecule has 1 heterocycles. The van der Waals surface area contributed by atoms with Crippen LogP contribution in [-0.2, 0) is 0 Å². The Bertz CT molecular complexity index is 240. The Labute approximate surface area is 70.6 Å². The third-order valence-corrected chi connectivity index (χ3v) is 1.63. The van der Waals surface area contributed by atoms with Crippen LogP contribution in [0.3, 0.4) is 0 Å². The van der Waals surface area contributed by atoms with Gasteiger partial charge >= 0.3 is 0 Å². The quantitative estimate of drug-likeness (QED) is 0.625. The van der Waals surface area contributed by atoms with Gasteiger partial charge in [-0.3, -0.25) is 5.43 Å². The van der Waals surface area contributed by atoms with Gasteiger partial charge in [0.25, 0.3) is 0 Å². The summed E-state index contributed by atoms with van der Waals surface area (Å²) in [4.78, 5) is 0. The van der Waals surface area contributed by atoms with Crippen LogP contribution in [0, 0.1) is 0 Å². The highest BCUT2D eigenvalue weighted by Gasteiger charge is 2.02. The lowest BCUT2D eigenvalue weighted by molar-refractivity contribution is 0.955. The average Bonchev–Trinajstić information content (AvgIpc) is 2.13. The molecule has 11 heavy (non-hydrogen) atoms. The first kappa shape index (κ1) is 8.14. The van der Waals surface area contributed by atoms with Gasteiger partial charge in [-0.05, 0) is 18.1 Å². The van der Waals surface area contributed by atoms with Crippen LogP contribution in [-0.4, -0.2) is 5.17 Å². The van der Waals surface area contributed by atoms with E-state index in [9.17, 15) is 0 Å². The van der Waals surface area contributed by atoms with Crippen LogP contribution in [0.5, 0.6) is 0 Å². The highest BCUT2D eigenvalue weighted by Crippen LogP contribution is 2.11. The molecule has 0 amide bonds. The minimum absolute atomic E-state index is 0.429.